The molecule has 0 aliphatic rings. The fourth-order valence-corrected chi connectivity index (χ4v) is 4.47. The number of aryl methyl sites for hydroxylation is 1. The zero-order valence-corrected chi connectivity index (χ0v) is 23.2. The van der Waals surface area contributed by atoms with Gasteiger partial charge in [-0.05, 0) is 88.2 Å². The average molecular weight is 554 g/mol. The molecule has 2 amide bonds. The fourth-order valence-electron chi connectivity index (χ4n) is 3.43. The number of hydrazone groups is 1. The van der Waals surface area contributed by atoms with Crippen molar-refractivity contribution in [3.05, 3.63) is 69.6 Å². The van der Waals surface area contributed by atoms with Crippen molar-refractivity contribution in [2.45, 2.75) is 40.7 Å². The number of ether oxygens (including phenoxy) is 3. The molecule has 11 heteroatoms. The average Bonchev–Trinajstić information content (AvgIpc) is 3.18. The molecular formula is C28H31N3O7S. The smallest absolute Gasteiger partial charge is 0.341 e. The molecule has 1 heterocycles. The summed E-state index contributed by atoms with van der Waals surface area (Å²) in [7, 11) is 0. The molecule has 39 heavy (non-hydrogen) atoms. The Morgan fingerprint density at radius 2 is 1.79 bits per heavy atom. The summed E-state index contributed by atoms with van der Waals surface area (Å²) >= 11 is 1.31. The first kappa shape index (κ1) is 29.2. The van der Waals surface area contributed by atoms with E-state index in [0.717, 1.165) is 10.4 Å². The van der Waals surface area contributed by atoms with Crippen molar-refractivity contribution in [1.29, 1.82) is 0 Å². The maximum Gasteiger partial charge on any atom is 0.341 e. The van der Waals surface area contributed by atoms with E-state index in [1.165, 1.54) is 23.6 Å². The highest BCUT2D eigenvalue weighted by molar-refractivity contribution is 7.16. The van der Waals surface area contributed by atoms with Crippen molar-refractivity contribution in [2.75, 3.05) is 18.5 Å². The van der Waals surface area contributed by atoms with E-state index in [9.17, 15) is 19.5 Å². The van der Waals surface area contributed by atoms with Crippen LogP contribution in [-0.2, 0) is 9.53 Å². The quantitative estimate of drug-likeness (QED) is 0.176. The SMILES string of the molecule is CCOC(=O)c1c(NC(=O)c2ccc(O[C@@H](C)C(=O)N/N=C/c3ccc(O)c(OCC)c3)cc2)sc(C)c1C. The highest BCUT2D eigenvalue weighted by atomic mass is 32.1. The molecule has 0 unspecified atom stereocenters. The van der Waals surface area contributed by atoms with Crippen LogP contribution >= 0.6 is 11.3 Å². The van der Waals surface area contributed by atoms with Gasteiger partial charge in [0, 0.05) is 10.4 Å². The van der Waals surface area contributed by atoms with Gasteiger partial charge in [0.2, 0.25) is 0 Å². The van der Waals surface area contributed by atoms with Crippen molar-refractivity contribution >= 4 is 40.3 Å². The first-order chi connectivity index (χ1) is 18.6. The minimum Gasteiger partial charge on any atom is -0.504 e. The Hall–Kier alpha value is -4.38. The second kappa shape index (κ2) is 13.4. The van der Waals surface area contributed by atoms with Gasteiger partial charge in [0.25, 0.3) is 11.8 Å². The molecule has 0 aliphatic heterocycles. The Balaban J connectivity index is 1.58. The van der Waals surface area contributed by atoms with Gasteiger partial charge in [-0.15, -0.1) is 11.3 Å². The molecular weight excluding hydrogens is 522 g/mol. The van der Waals surface area contributed by atoms with Crippen molar-refractivity contribution in [2.24, 2.45) is 5.10 Å². The Morgan fingerprint density at radius 1 is 1.08 bits per heavy atom. The molecule has 0 fully saturated rings. The third-order valence-corrected chi connectivity index (χ3v) is 6.69. The second-order valence-electron chi connectivity index (χ2n) is 8.34. The minimum atomic E-state index is -0.871. The van der Waals surface area contributed by atoms with Crippen LogP contribution in [0.5, 0.6) is 17.2 Å². The molecule has 0 spiro atoms. The van der Waals surface area contributed by atoms with Crippen LogP contribution < -0.4 is 20.2 Å². The molecule has 206 valence electrons. The maximum absolute atomic E-state index is 12.8. The van der Waals surface area contributed by atoms with Crippen molar-refractivity contribution < 1.29 is 33.7 Å². The molecule has 0 saturated carbocycles. The minimum absolute atomic E-state index is 0.0155. The Kier molecular flexibility index (Phi) is 10.0. The summed E-state index contributed by atoms with van der Waals surface area (Å²) < 4.78 is 16.1. The molecule has 3 aromatic rings. The summed E-state index contributed by atoms with van der Waals surface area (Å²) in [6.45, 7) is 9.42. The first-order valence-electron chi connectivity index (χ1n) is 12.3. The predicted molar refractivity (Wildman–Crippen MR) is 149 cm³/mol. The number of carbonyl (C=O) groups excluding carboxylic acids is 3. The predicted octanol–water partition coefficient (Wildman–Crippen LogP) is 4.82. The van der Waals surface area contributed by atoms with E-state index in [1.807, 2.05) is 13.8 Å². The number of amides is 2. The maximum atomic E-state index is 12.8. The Labute approximate surface area is 230 Å². The number of esters is 1. The summed E-state index contributed by atoms with van der Waals surface area (Å²) in [6.07, 6.45) is 0.550. The lowest BCUT2D eigenvalue weighted by atomic mass is 10.1. The van der Waals surface area contributed by atoms with E-state index in [0.29, 0.717) is 39.8 Å². The molecule has 10 nitrogen and oxygen atoms in total. The number of carbonyl (C=O) groups is 3. The molecule has 1 atom stereocenters. The van der Waals surface area contributed by atoms with Crippen LogP contribution in [0.2, 0.25) is 0 Å². The van der Waals surface area contributed by atoms with Gasteiger partial charge < -0.3 is 24.6 Å². The number of rotatable bonds is 11. The van der Waals surface area contributed by atoms with Crippen LogP contribution in [-0.4, -0.2) is 48.4 Å². The molecule has 3 rings (SSSR count). The van der Waals surface area contributed by atoms with E-state index in [4.69, 9.17) is 14.2 Å². The van der Waals surface area contributed by atoms with Gasteiger partial charge in [-0.1, -0.05) is 0 Å². The van der Waals surface area contributed by atoms with Gasteiger partial charge >= 0.3 is 5.97 Å². The summed E-state index contributed by atoms with van der Waals surface area (Å²) in [5.41, 5.74) is 4.51. The van der Waals surface area contributed by atoms with Gasteiger partial charge in [-0.25, -0.2) is 10.2 Å². The zero-order chi connectivity index (χ0) is 28.5. The molecule has 3 N–H and O–H groups in total. The first-order valence-corrected chi connectivity index (χ1v) is 13.1. The van der Waals surface area contributed by atoms with E-state index >= 15 is 0 Å². The number of phenolic OH excluding ortho intramolecular Hbond substituents is 1. The largest absolute Gasteiger partial charge is 0.504 e. The van der Waals surface area contributed by atoms with E-state index in [1.54, 1.807) is 57.2 Å². The Morgan fingerprint density at radius 3 is 2.46 bits per heavy atom. The molecule has 2 aromatic carbocycles. The Bertz CT molecular complexity index is 1370. The summed E-state index contributed by atoms with van der Waals surface area (Å²) in [4.78, 5) is 38.5. The van der Waals surface area contributed by atoms with Crippen LogP contribution in [0.25, 0.3) is 0 Å². The normalized spacial score (nSPS) is 11.6. The van der Waals surface area contributed by atoms with Crippen LogP contribution in [0.4, 0.5) is 5.00 Å². The van der Waals surface area contributed by atoms with Crippen LogP contribution in [0.15, 0.2) is 47.6 Å². The summed E-state index contributed by atoms with van der Waals surface area (Å²) in [6, 6.07) is 11.0. The van der Waals surface area contributed by atoms with Gasteiger partial charge in [0.05, 0.1) is 25.0 Å². The molecule has 0 saturated heterocycles. The number of thiophene rings is 1. The number of nitrogens with zero attached hydrogens (tertiary/aromatic N) is 1. The standard InChI is InChI=1S/C28H31N3O7S/c1-6-36-23-14-19(8-13-22(23)32)15-29-31-25(33)17(4)38-21-11-9-20(10-12-21)26(34)30-27-24(28(35)37-7-2)16(3)18(5)39-27/h8-15,17,32H,6-7H2,1-5H3,(H,30,34)(H,31,33)/b29-15+/t17-/m0/s1. The van der Waals surface area contributed by atoms with E-state index in [-0.39, 0.29) is 12.4 Å². The number of benzene rings is 2. The van der Waals surface area contributed by atoms with Gasteiger partial charge in [-0.3, -0.25) is 9.59 Å². The molecule has 1 aromatic heterocycles. The van der Waals surface area contributed by atoms with Gasteiger partial charge in [0.15, 0.2) is 17.6 Å². The van der Waals surface area contributed by atoms with Crippen molar-refractivity contribution in [3.8, 4) is 17.2 Å². The number of aromatic hydroxyl groups is 1. The fraction of sp³-hybridized carbons (Fsp3) is 0.286. The van der Waals surface area contributed by atoms with E-state index in [2.05, 4.69) is 15.8 Å². The third-order valence-electron chi connectivity index (χ3n) is 5.56. The van der Waals surface area contributed by atoms with Crippen molar-refractivity contribution in [3.63, 3.8) is 0 Å². The molecule has 0 radical (unpaired) electrons. The van der Waals surface area contributed by atoms with Gasteiger partial charge in [-0.2, -0.15) is 5.10 Å². The zero-order valence-electron chi connectivity index (χ0n) is 22.4. The number of hydrogen-bond acceptors (Lipinski definition) is 9. The van der Waals surface area contributed by atoms with Gasteiger partial charge in [0.1, 0.15) is 10.8 Å². The van der Waals surface area contributed by atoms with Crippen molar-refractivity contribution in [1.82, 2.24) is 5.43 Å². The third kappa shape index (κ3) is 7.57. The van der Waals surface area contributed by atoms with Crippen LogP contribution in [0, 0.1) is 13.8 Å². The topological polar surface area (TPSA) is 136 Å². The van der Waals surface area contributed by atoms with Crippen LogP contribution in [0.3, 0.4) is 0 Å². The lowest BCUT2D eigenvalue weighted by molar-refractivity contribution is -0.127. The summed E-state index contributed by atoms with van der Waals surface area (Å²) in [5.74, 6) is -0.633. The highest BCUT2D eigenvalue weighted by Crippen LogP contribution is 2.33. The number of hydrogen-bond donors (Lipinski definition) is 3. The molecule has 0 aliphatic carbocycles. The molecule has 0 bridgehead atoms. The highest BCUT2D eigenvalue weighted by Gasteiger charge is 2.22. The second-order valence-corrected chi connectivity index (χ2v) is 9.57. The number of anilines is 1. The van der Waals surface area contributed by atoms with E-state index < -0.39 is 23.9 Å². The van der Waals surface area contributed by atoms with Crippen LogP contribution in [0.1, 0.15) is 57.5 Å². The number of nitrogens with one attached hydrogen (secondary N) is 2. The lowest BCUT2D eigenvalue weighted by Crippen LogP contribution is -2.33. The monoisotopic (exact) mass is 553 g/mol. The lowest BCUT2D eigenvalue weighted by Gasteiger charge is -2.13. The number of phenols is 1. The summed E-state index contributed by atoms with van der Waals surface area (Å²) in [5, 5.41) is 16.9.